The predicted octanol–water partition coefficient (Wildman–Crippen LogP) is 2.01. The standard InChI is InChI=1S/C24H27N3O5/c1-17(28)32-21-9-5-8-20(14-21)24(31)27-12-10-18(11-13-27)15-25-22(29)16-26-23(30)19-6-3-2-4-7-19/h2-9,14,18H,10-13,15-16H2,1H3,(H,25,29)(H,26,30). The zero-order chi connectivity index (χ0) is 22.9. The monoisotopic (exact) mass is 437 g/mol. The molecular formula is C24H27N3O5. The summed E-state index contributed by atoms with van der Waals surface area (Å²) in [6.07, 6.45) is 1.54. The average molecular weight is 437 g/mol. The van der Waals surface area contributed by atoms with Crippen molar-refractivity contribution in [2.75, 3.05) is 26.2 Å². The lowest BCUT2D eigenvalue weighted by atomic mass is 9.96. The van der Waals surface area contributed by atoms with Crippen LogP contribution in [0.5, 0.6) is 5.75 Å². The van der Waals surface area contributed by atoms with Crippen LogP contribution in [0.25, 0.3) is 0 Å². The van der Waals surface area contributed by atoms with Gasteiger partial charge in [0.25, 0.3) is 11.8 Å². The van der Waals surface area contributed by atoms with Gasteiger partial charge in [0.1, 0.15) is 5.75 Å². The zero-order valence-electron chi connectivity index (χ0n) is 18.0. The first-order valence-corrected chi connectivity index (χ1v) is 10.6. The lowest BCUT2D eigenvalue weighted by Crippen LogP contribution is -2.43. The first kappa shape index (κ1) is 23.0. The van der Waals surface area contributed by atoms with Crippen LogP contribution in [0.4, 0.5) is 0 Å². The zero-order valence-corrected chi connectivity index (χ0v) is 18.0. The van der Waals surface area contributed by atoms with Crippen molar-refractivity contribution in [2.45, 2.75) is 19.8 Å². The molecule has 3 rings (SSSR count). The van der Waals surface area contributed by atoms with Crippen LogP contribution >= 0.6 is 0 Å². The van der Waals surface area contributed by atoms with E-state index in [1.54, 1.807) is 53.4 Å². The molecule has 1 aliphatic heterocycles. The number of piperidine rings is 1. The van der Waals surface area contributed by atoms with Crippen LogP contribution in [0, 0.1) is 5.92 Å². The van der Waals surface area contributed by atoms with Gasteiger partial charge < -0.3 is 20.3 Å². The Morgan fingerprint density at radius 3 is 2.31 bits per heavy atom. The molecule has 2 N–H and O–H groups in total. The molecule has 3 amide bonds. The van der Waals surface area contributed by atoms with Crippen LogP contribution in [0.15, 0.2) is 54.6 Å². The van der Waals surface area contributed by atoms with Crippen LogP contribution in [-0.2, 0) is 9.59 Å². The number of hydrogen-bond acceptors (Lipinski definition) is 5. The first-order valence-electron chi connectivity index (χ1n) is 10.6. The van der Waals surface area contributed by atoms with Crippen LogP contribution in [-0.4, -0.2) is 54.8 Å². The Hall–Kier alpha value is -3.68. The summed E-state index contributed by atoms with van der Waals surface area (Å²) in [6, 6.07) is 15.3. The fourth-order valence-corrected chi connectivity index (χ4v) is 3.55. The number of amides is 3. The van der Waals surface area contributed by atoms with E-state index >= 15 is 0 Å². The van der Waals surface area contributed by atoms with Gasteiger partial charge in [-0.15, -0.1) is 0 Å². The lowest BCUT2D eigenvalue weighted by molar-refractivity contribution is -0.131. The molecule has 168 valence electrons. The van der Waals surface area contributed by atoms with Gasteiger partial charge in [-0.2, -0.15) is 0 Å². The van der Waals surface area contributed by atoms with E-state index in [1.165, 1.54) is 6.92 Å². The van der Waals surface area contributed by atoms with Crippen molar-refractivity contribution < 1.29 is 23.9 Å². The summed E-state index contributed by atoms with van der Waals surface area (Å²) in [6.45, 7) is 2.91. The second kappa shape index (κ2) is 11.1. The molecule has 0 unspecified atom stereocenters. The molecule has 0 bridgehead atoms. The number of rotatable bonds is 7. The second-order valence-electron chi connectivity index (χ2n) is 7.71. The number of likely N-dealkylation sites (tertiary alicyclic amines) is 1. The normalized spacial score (nSPS) is 13.8. The van der Waals surface area contributed by atoms with Gasteiger partial charge in [-0.3, -0.25) is 19.2 Å². The fourth-order valence-electron chi connectivity index (χ4n) is 3.55. The SMILES string of the molecule is CC(=O)Oc1cccc(C(=O)N2CCC(CNC(=O)CNC(=O)c3ccccc3)CC2)c1. The van der Waals surface area contributed by atoms with E-state index in [2.05, 4.69) is 10.6 Å². The maximum atomic E-state index is 12.8. The maximum Gasteiger partial charge on any atom is 0.308 e. The molecule has 8 nitrogen and oxygen atoms in total. The molecule has 0 atom stereocenters. The first-order chi connectivity index (χ1) is 15.4. The van der Waals surface area contributed by atoms with E-state index in [9.17, 15) is 19.2 Å². The van der Waals surface area contributed by atoms with Gasteiger partial charge in [0.15, 0.2) is 0 Å². The second-order valence-corrected chi connectivity index (χ2v) is 7.71. The van der Waals surface area contributed by atoms with Gasteiger partial charge in [0.2, 0.25) is 5.91 Å². The summed E-state index contributed by atoms with van der Waals surface area (Å²) in [4.78, 5) is 49.7. The van der Waals surface area contributed by atoms with E-state index in [1.807, 2.05) is 6.07 Å². The largest absolute Gasteiger partial charge is 0.427 e. The molecule has 1 saturated heterocycles. The van der Waals surface area contributed by atoms with Gasteiger partial charge in [-0.05, 0) is 49.1 Å². The number of carbonyl (C=O) groups is 4. The number of hydrogen-bond donors (Lipinski definition) is 2. The highest BCUT2D eigenvalue weighted by Gasteiger charge is 2.24. The minimum Gasteiger partial charge on any atom is -0.427 e. The highest BCUT2D eigenvalue weighted by Crippen LogP contribution is 2.20. The van der Waals surface area contributed by atoms with Gasteiger partial charge in [0, 0.05) is 37.7 Å². The molecule has 1 fully saturated rings. The van der Waals surface area contributed by atoms with Gasteiger partial charge in [-0.25, -0.2) is 0 Å². The number of nitrogens with one attached hydrogen (secondary N) is 2. The smallest absolute Gasteiger partial charge is 0.308 e. The minimum absolute atomic E-state index is 0.0796. The summed E-state index contributed by atoms with van der Waals surface area (Å²) in [5, 5.41) is 5.46. The number of ether oxygens (including phenoxy) is 1. The van der Waals surface area contributed by atoms with Gasteiger partial charge in [-0.1, -0.05) is 24.3 Å². The van der Waals surface area contributed by atoms with Crippen molar-refractivity contribution in [1.82, 2.24) is 15.5 Å². The Morgan fingerprint density at radius 1 is 0.938 bits per heavy atom. The topological polar surface area (TPSA) is 105 Å². The highest BCUT2D eigenvalue weighted by atomic mass is 16.5. The quantitative estimate of drug-likeness (QED) is 0.509. The average Bonchev–Trinajstić information content (AvgIpc) is 2.81. The van der Waals surface area contributed by atoms with Crippen molar-refractivity contribution in [1.29, 1.82) is 0 Å². The summed E-state index contributed by atoms with van der Waals surface area (Å²) in [5.41, 5.74) is 0.986. The maximum absolute atomic E-state index is 12.8. The summed E-state index contributed by atoms with van der Waals surface area (Å²) >= 11 is 0. The minimum atomic E-state index is -0.433. The molecule has 0 spiro atoms. The molecule has 0 aliphatic carbocycles. The van der Waals surface area contributed by atoms with E-state index in [-0.39, 0.29) is 30.2 Å². The van der Waals surface area contributed by atoms with Crippen molar-refractivity contribution in [2.24, 2.45) is 5.92 Å². The van der Waals surface area contributed by atoms with E-state index < -0.39 is 5.97 Å². The van der Waals surface area contributed by atoms with Gasteiger partial charge in [0.05, 0.1) is 6.54 Å². The summed E-state index contributed by atoms with van der Waals surface area (Å²) < 4.78 is 5.05. The predicted molar refractivity (Wildman–Crippen MR) is 118 cm³/mol. The van der Waals surface area contributed by atoms with Crippen molar-refractivity contribution in [3.63, 3.8) is 0 Å². The fraction of sp³-hybridized carbons (Fsp3) is 0.333. The summed E-state index contributed by atoms with van der Waals surface area (Å²) in [5.74, 6) is -0.455. The molecule has 32 heavy (non-hydrogen) atoms. The third-order valence-electron chi connectivity index (χ3n) is 5.28. The molecule has 1 heterocycles. The molecule has 2 aromatic rings. The Kier molecular flexibility index (Phi) is 7.96. The third kappa shape index (κ3) is 6.66. The van der Waals surface area contributed by atoms with Crippen molar-refractivity contribution in [3.05, 3.63) is 65.7 Å². The van der Waals surface area contributed by atoms with Crippen LogP contribution in [0.1, 0.15) is 40.5 Å². The lowest BCUT2D eigenvalue weighted by Gasteiger charge is -2.32. The highest BCUT2D eigenvalue weighted by molar-refractivity contribution is 5.96. The van der Waals surface area contributed by atoms with Crippen LogP contribution in [0.2, 0.25) is 0 Å². The molecule has 2 aromatic carbocycles. The molecule has 0 saturated carbocycles. The van der Waals surface area contributed by atoms with Crippen molar-refractivity contribution >= 4 is 23.7 Å². The molecular weight excluding hydrogens is 410 g/mol. The van der Waals surface area contributed by atoms with E-state index in [0.29, 0.717) is 36.5 Å². The third-order valence-corrected chi connectivity index (χ3v) is 5.28. The van der Waals surface area contributed by atoms with Crippen LogP contribution in [0.3, 0.4) is 0 Å². The summed E-state index contributed by atoms with van der Waals surface area (Å²) in [7, 11) is 0. The van der Waals surface area contributed by atoms with E-state index in [4.69, 9.17) is 4.74 Å². The molecule has 0 radical (unpaired) electrons. The van der Waals surface area contributed by atoms with Crippen molar-refractivity contribution in [3.8, 4) is 5.75 Å². The molecule has 1 aliphatic rings. The number of esters is 1. The van der Waals surface area contributed by atoms with Gasteiger partial charge >= 0.3 is 5.97 Å². The number of nitrogens with zero attached hydrogens (tertiary/aromatic N) is 1. The molecule has 0 aromatic heterocycles. The Labute approximate surface area is 186 Å². The molecule has 8 heteroatoms. The number of carbonyl (C=O) groups excluding carboxylic acids is 4. The number of benzene rings is 2. The van der Waals surface area contributed by atoms with Crippen LogP contribution < -0.4 is 15.4 Å². The Bertz CT molecular complexity index is 969. The Balaban J connectivity index is 1.39. The Morgan fingerprint density at radius 2 is 1.62 bits per heavy atom. The van der Waals surface area contributed by atoms with E-state index in [0.717, 1.165) is 12.8 Å².